The van der Waals surface area contributed by atoms with Crippen molar-refractivity contribution < 1.29 is 4.74 Å². The summed E-state index contributed by atoms with van der Waals surface area (Å²) in [5, 5.41) is 3.44. The molecule has 2 heteroatoms. The molecule has 0 radical (unpaired) electrons. The zero-order valence-corrected chi connectivity index (χ0v) is 11.9. The first-order valence-corrected chi connectivity index (χ1v) is 6.72. The topological polar surface area (TPSA) is 21.3 Å². The minimum absolute atomic E-state index is 0.683. The zero-order valence-electron chi connectivity index (χ0n) is 11.9. The van der Waals surface area contributed by atoms with Gasteiger partial charge in [-0.2, -0.15) is 0 Å². The predicted molar refractivity (Wildman–Crippen MR) is 80.9 cm³/mol. The molecule has 2 nitrogen and oxygen atoms in total. The lowest BCUT2D eigenvalue weighted by atomic mass is 10.1. The Labute approximate surface area is 115 Å². The van der Waals surface area contributed by atoms with Crippen LogP contribution >= 0.6 is 0 Å². The summed E-state index contributed by atoms with van der Waals surface area (Å²) in [5.74, 6) is 0.926. The first-order chi connectivity index (χ1) is 9.19. The van der Waals surface area contributed by atoms with Crippen LogP contribution in [0.4, 0.5) is 5.69 Å². The van der Waals surface area contributed by atoms with E-state index in [1.165, 1.54) is 16.7 Å². The Hall–Kier alpha value is -1.96. The molecule has 0 unspecified atom stereocenters. The van der Waals surface area contributed by atoms with Gasteiger partial charge in [-0.25, -0.2) is 0 Å². The van der Waals surface area contributed by atoms with Crippen molar-refractivity contribution in [2.75, 3.05) is 11.9 Å². The summed E-state index contributed by atoms with van der Waals surface area (Å²) < 4.78 is 5.66. The van der Waals surface area contributed by atoms with Crippen molar-refractivity contribution in [3.8, 4) is 5.75 Å². The second-order valence-electron chi connectivity index (χ2n) is 4.77. The molecular formula is C17H21NO. The third kappa shape index (κ3) is 3.75. The highest BCUT2D eigenvalue weighted by atomic mass is 16.5. The fourth-order valence-electron chi connectivity index (χ4n) is 1.95. The summed E-state index contributed by atoms with van der Waals surface area (Å²) in [6.07, 6.45) is 0. The van der Waals surface area contributed by atoms with Gasteiger partial charge >= 0.3 is 0 Å². The van der Waals surface area contributed by atoms with E-state index in [1.807, 2.05) is 6.92 Å². The van der Waals surface area contributed by atoms with Crippen LogP contribution in [0.2, 0.25) is 0 Å². The number of hydrogen-bond acceptors (Lipinski definition) is 2. The second kappa shape index (κ2) is 6.28. The van der Waals surface area contributed by atoms with Crippen LogP contribution in [0.1, 0.15) is 23.6 Å². The molecule has 0 saturated carbocycles. The van der Waals surface area contributed by atoms with Crippen LogP contribution in [0.3, 0.4) is 0 Å². The number of hydrogen-bond donors (Lipinski definition) is 1. The second-order valence-corrected chi connectivity index (χ2v) is 4.77. The van der Waals surface area contributed by atoms with Crippen molar-refractivity contribution in [1.29, 1.82) is 0 Å². The maximum atomic E-state index is 5.66. The Morgan fingerprint density at radius 3 is 2.32 bits per heavy atom. The van der Waals surface area contributed by atoms with E-state index in [4.69, 9.17) is 4.74 Å². The molecule has 0 fully saturated rings. The molecule has 0 aromatic heterocycles. The number of aryl methyl sites for hydroxylation is 2. The average Bonchev–Trinajstić information content (AvgIpc) is 2.40. The first-order valence-electron chi connectivity index (χ1n) is 6.72. The van der Waals surface area contributed by atoms with Gasteiger partial charge in [-0.15, -0.1) is 0 Å². The van der Waals surface area contributed by atoms with Crippen LogP contribution in [0.15, 0.2) is 42.5 Å². The van der Waals surface area contributed by atoms with Crippen LogP contribution in [-0.4, -0.2) is 6.61 Å². The van der Waals surface area contributed by atoms with Gasteiger partial charge in [0.1, 0.15) is 5.75 Å². The lowest BCUT2D eigenvalue weighted by Crippen LogP contribution is -2.03. The molecule has 0 bridgehead atoms. The quantitative estimate of drug-likeness (QED) is 0.859. The Morgan fingerprint density at radius 2 is 1.63 bits per heavy atom. The summed E-state index contributed by atoms with van der Waals surface area (Å²) >= 11 is 0. The average molecular weight is 255 g/mol. The molecule has 0 aliphatic heterocycles. The highest BCUT2D eigenvalue weighted by Crippen LogP contribution is 2.26. The van der Waals surface area contributed by atoms with Crippen molar-refractivity contribution >= 4 is 5.69 Å². The van der Waals surface area contributed by atoms with E-state index < -0.39 is 0 Å². The van der Waals surface area contributed by atoms with E-state index in [1.54, 1.807) is 0 Å². The Bertz CT molecular complexity index is 531. The number of ether oxygens (including phenoxy) is 1. The van der Waals surface area contributed by atoms with Gasteiger partial charge in [0.25, 0.3) is 0 Å². The fourth-order valence-corrected chi connectivity index (χ4v) is 1.95. The van der Waals surface area contributed by atoms with E-state index in [2.05, 4.69) is 61.6 Å². The Morgan fingerprint density at radius 1 is 0.947 bits per heavy atom. The molecule has 1 N–H and O–H groups in total. The van der Waals surface area contributed by atoms with Gasteiger partial charge in [-0.1, -0.05) is 35.9 Å². The monoisotopic (exact) mass is 255 g/mol. The van der Waals surface area contributed by atoms with Crippen molar-refractivity contribution in [1.82, 2.24) is 0 Å². The summed E-state index contributed by atoms with van der Waals surface area (Å²) in [5.41, 5.74) is 4.82. The molecule has 2 aromatic carbocycles. The van der Waals surface area contributed by atoms with E-state index in [9.17, 15) is 0 Å². The Kier molecular flexibility index (Phi) is 4.45. The molecule has 2 rings (SSSR count). The predicted octanol–water partition coefficient (Wildman–Crippen LogP) is 4.31. The van der Waals surface area contributed by atoms with E-state index in [0.717, 1.165) is 18.0 Å². The molecule has 0 aliphatic rings. The van der Waals surface area contributed by atoms with Gasteiger partial charge in [0.15, 0.2) is 0 Å². The molecule has 0 amide bonds. The Balaban J connectivity index is 2.08. The van der Waals surface area contributed by atoms with Crippen LogP contribution in [0.5, 0.6) is 5.75 Å². The highest BCUT2D eigenvalue weighted by molar-refractivity contribution is 5.57. The maximum absolute atomic E-state index is 5.66. The molecule has 0 aliphatic carbocycles. The SMILES string of the molecule is CCOc1cc(C)ccc1NCc1ccc(C)cc1. The summed E-state index contributed by atoms with van der Waals surface area (Å²) in [4.78, 5) is 0. The minimum Gasteiger partial charge on any atom is -0.492 e. The van der Waals surface area contributed by atoms with Crippen molar-refractivity contribution in [3.05, 3.63) is 59.2 Å². The zero-order chi connectivity index (χ0) is 13.7. The van der Waals surface area contributed by atoms with Crippen molar-refractivity contribution in [2.24, 2.45) is 0 Å². The summed E-state index contributed by atoms with van der Waals surface area (Å²) in [6.45, 7) is 7.68. The maximum Gasteiger partial charge on any atom is 0.142 e. The number of rotatable bonds is 5. The third-order valence-corrected chi connectivity index (χ3v) is 3.04. The largest absolute Gasteiger partial charge is 0.492 e. The van der Waals surface area contributed by atoms with Gasteiger partial charge in [-0.3, -0.25) is 0 Å². The molecular weight excluding hydrogens is 234 g/mol. The van der Waals surface area contributed by atoms with Crippen molar-refractivity contribution in [2.45, 2.75) is 27.3 Å². The summed E-state index contributed by atoms with van der Waals surface area (Å²) in [6, 6.07) is 14.8. The first kappa shape index (κ1) is 13.5. The number of anilines is 1. The van der Waals surface area contributed by atoms with Crippen molar-refractivity contribution in [3.63, 3.8) is 0 Å². The van der Waals surface area contributed by atoms with Crippen LogP contribution in [-0.2, 0) is 6.54 Å². The van der Waals surface area contributed by atoms with Gasteiger partial charge in [0.2, 0.25) is 0 Å². The van der Waals surface area contributed by atoms with Gasteiger partial charge in [0.05, 0.1) is 12.3 Å². The normalized spacial score (nSPS) is 10.3. The van der Waals surface area contributed by atoms with E-state index in [-0.39, 0.29) is 0 Å². The smallest absolute Gasteiger partial charge is 0.142 e. The molecule has 0 saturated heterocycles. The van der Waals surface area contributed by atoms with Crippen LogP contribution < -0.4 is 10.1 Å². The molecule has 0 spiro atoms. The van der Waals surface area contributed by atoms with Gasteiger partial charge in [-0.05, 0) is 44.0 Å². The summed E-state index contributed by atoms with van der Waals surface area (Å²) in [7, 11) is 0. The number of nitrogens with one attached hydrogen (secondary N) is 1. The van der Waals surface area contributed by atoms with Gasteiger partial charge < -0.3 is 10.1 Å². The minimum atomic E-state index is 0.683. The molecule has 2 aromatic rings. The molecule has 19 heavy (non-hydrogen) atoms. The van der Waals surface area contributed by atoms with Crippen LogP contribution in [0, 0.1) is 13.8 Å². The standard InChI is InChI=1S/C17H21NO/c1-4-19-17-11-14(3)7-10-16(17)18-12-15-8-5-13(2)6-9-15/h5-11,18H,4,12H2,1-3H3. The third-order valence-electron chi connectivity index (χ3n) is 3.04. The molecule has 100 valence electrons. The molecule has 0 heterocycles. The number of benzene rings is 2. The van der Waals surface area contributed by atoms with E-state index >= 15 is 0 Å². The van der Waals surface area contributed by atoms with Crippen LogP contribution in [0.25, 0.3) is 0 Å². The highest BCUT2D eigenvalue weighted by Gasteiger charge is 2.03. The molecule has 0 atom stereocenters. The lowest BCUT2D eigenvalue weighted by molar-refractivity contribution is 0.341. The fraction of sp³-hybridized carbons (Fsp3) is 0.294. The van der Waals surface area contributed by atoms with E-state index in [0.29, 0.717) is 6.61 Å². The lowest BCUT2D eigenvalue weighted by Gasteiger charge is -2.13. The van der Waals surface area contributed by atoms with Gasteiger partial charge in [0, 0.05) is 6.54 Å².